The third kappa shape index (κ3) is 4.22. The van der Waals surface area contributed by atoms with E-state index in [0.29, 0.717) is 6.04 Å². The molecule has 1 rings (SSSR count). The molecular formula is C9H15BrN2S. The standard InChI is InChI=1S/C9H15BrN2S/c1-7(2-3-11)12-5-8-4-9(10)13-6-8/h4,6-7,12H,2-3,5,11H2,1H3. The van der Waals surface area contributed by atoms with Crippen LogP contribution in [-0.2, 0) is 6.54 Å². The molecule has 0 aliphatic carbocycles. The molecule has 0 aromatic carbocycles. The summed E-state index contributed by atoms with van der Waals surface area (Å²) in [5.41, 5.74) is 6.79. The Hall–Kier alpha value is 0.100. The van der Waals surface area contributed by atoms with Gasteiger partial charge in [-0.05, 0) is 52.8 Å². The first kappa shape index (κ1) is 11.2. The second-order valence-electron chi connectivity index (χ2n) is 3.12. The largest absolute Gasteiger partial charge is 0.330 e. The third-order valence-corrected chi connectivity index (χ3v) is 3.43. The lowest BCUT2D eigenvalue weighted by Gasteiger charge is -2.11. The molecule has 0 amide bonds. The van der Waals surface area contributed by atoms with Gasteiger partial charge in [0.05, 0.1) is 3.79 Å². The van der Waals surface area contributed by atoms with Crippen molar-refractivity contribution in [3.8, 4) is 0 Å². The van der Waals surface area contributed by atoms with Crippen molar-refractivity contribution in [1.82, 2.24) is 5.32 Å². The zero-order valence-corrected chi connectivity index (χ0v) is 10.1. The molecular weight excluding hydrogens is 248 g/mol. The summed E-state index contributed by atoms with van der Waals surface area (Å²) in [5, 5.41) is 5.58. The van der Waals surface area contributed by atoms with Gasteiger partial charge in [0, 0.05) is 12.6 Å². The molecule has 3 N–H and O–H groups in total. The first-order valence-corrected chi connectivity index (χ1v) is 6.06. The maximum absolute atomic E-state index is 5.46. The first-order chi connectivity index (χ1) is 6.22. The van der Waals surface area contributed by atoms with Gasteiger partial charge < -0.3 is 11.1 Å². The molecule has 0 saturated carbocycles. The smallest absolute Gasteiger partial charge is 0.0701 e. The molecule has 74 valence electrons. The number of rotatable bonds is 5. The van der Waals surface area contributed by atoms with E-state index in [0.717, 1.165) is 19.5 Å². The summed E-state index contributed by atoms with van der Waals surface area (Å²) in [4.78, 5) is 0. The summed E-state index contributed by atoms with van der Waals surface area (Å²) in [6.07, 6.45) is 1.03. The van der Waals surface area contributed by atoms with Crippen LogP contribution in [-0.4, -0.2) is 12.6 Å². The van der Waals surface area contributed by atoms with Gasteiger partial charge in [-0.15, -0.1) is 11.3 Å². The van der Waals surface area contributed by atoms with Crippen molar-refractivity contribution in [2.24, 2.45) is 5.73 Å². The molecule has 1 unspecified atom stereocenters. The molecule has 0 fully saturated rings. The highest BCUT2D eigenvalue weighted by Gasteiger charge is 2.01. The molecule has 2 nitrogen and oxygen atoms in total. The highest BCUT2D eigenvalue weighted by molar-refractivity contribution is 9.11. The normalized spacial score (nSPS) is 13.2. The van der Waals surface area contributed by atoms with Crippen LogP contribution >= 0.6 is 27.3 Å². The average molecular weight is 263 g/mol. The van der Waals surface area contributed by atoms with Crippen molar-refractivity contribution < 1.29 is 0 Å². The fourth-order valence-corrected chi connectivity index (χ4v) is 2.29. The number of halogens is 1. The average Bonchev–Trinajstić information content (AvgIpc) is 2.49. The highest BCUT2D eigenvalue weighted by Crippen LogP contribution is 2.20. The minimum atomic E-state index is 0.503. The third-order valence-electron chi connectivity index (χ3n) is 1.88. The summed E-state index contributed by atoms with van der Waals surface area (Å²) in [5.74, 6) is 0. The lowest BCUT2D eigenvalue weighted by atomic mass is 10.2. The van der Waals surface area contributed by atoms with Crippen molar-refractivity contribution >= 4 is 27.3 Å². The van der Waals surface area contributed by atoms with Gasteiger partial charge in [0.1, 0.15) is 0 Å². The summed E-state index contributed by atoms with van der Waals surface area (Å²) in [7, 11) is 0. The van der Waals surface area contributed by atoms with Crippen molar-refractivity contribution in [3.05, 3.63) is 20.8 Å². The summed E-state index contributed by atoms with van der Waals surface area (Å²) in [6.45, 7) is 3.85. The predicted molar refractivity (Wildman–Crippen MR) is 62.0 cm³/mol. The molecule has 1 heterocycles. The molecule has 4 heteroatoms. The molecule has 1 aromatic heterocycles. The van der Waals surface area contributed by atoms with Crippen LogP contribution in [0.25, 0.3) is 0 Å². The Kier molecular flexibility index (Phi) is 4.94. The van der Waals surface area contributed by atoms with Crippen LogP contribution in [0.1, 0.15) is 18.9 Å². The van der Waals surface area contributed by atoms with E-state index in [4.69, 9.17) is 5.73 Å². The van der Waals surface area contributed by atoms with Gasteiger partial charge in [0.2, 0.25) is 0 Å². The number of nitrogens with two attached hydrogens (primary N) is 1. The summed E-state index contributed by atoms with van der Waals surface area (Å²) < 4.78 is 1.19. The van der Waals surface area contributed by atoms with Crippen LogP contribution in [0.5, 0.6) is 0 Å². The van der Waals surface area contributed by atoms with Crippen LogP contribution in [0.15, 0.2) is 15.2 Å². The van der Waals surface area contributed by atoms with Gasteiger partial charge in [-0.1, -0.05) is 0 Å². The van der Waals surface area contributed by atoms with E-state index in [2.05, 4.69) is 39.6 Å². The molecule has 0 aliphatic heterocycles. The maximum Gasteiger partial charge on any atom is 0.0701 e. The number of hydrogen-bond acceptors (Lipinski definition) is 3. The number of hydrogen-bond donors (Lipinski definition) is 2. The van der Waals surface area contributed by atoms with Crippen LogP contribution < -0.4 is 11.1 Å². The van der Waals surface area contributed by atoms with Crippen LogP contribution in [0.2, 0.25) is 0 Å². The van der Waals surface area contributed by atoms with Gasteiger partial charge in [0.15, 0.2) is 0 Å². The van der Waals surface area contributed by atoms with Gasteiger partial charge in [-0.2, -0.15) is 0 Å². The number of nitrogens with one attached hydrogen (secondary N) is 1. The molecule has 0 radical (unpaired) electrons. The van der Waals surface area contributed by atoms with Crippen LogP contribution in [0.4, 0.5) is 0 Å². The Balaban J connectivity index is 2.26. The maximum atomic E-state index is 5.46. The Morgan fingerprint density at radius 3 is 3.00 bits per heavy atom. The molecule has 0 aliphatic rings. The van der Waals surface area contributed by atoms with E-state index < -0.39 is 0 Å². The monoisotopic (exact) mass is 262 g/mol. The minimum absolute atomic E-state index is 0.503. The molecule has 0 saturated heterocycles. The number of thiophene rings is 1. The topological polar surface area (TPSA) is 38.0 Å². The highest BCUT2D eigenvalue weighted by atomic mass is 79.9. The zero-order chi connectivity index (χ0) is 9.68. The van der Waals surface area contributed by atoms with E-state index >= 15 is 0 Å². The SMILES string of the molecule is CC(CCN)NCc1csc(Br)c1. The molecule has 13 heavy (non-hydrogen) atoms. The summed E-state index contributed by atoms with van der Waals surface area (Å²) in [6, 6.07) is 2.65. The Labute approximate surface area is 91.7 Å². The van der Waals surface area contributed by atoms with E-state index in [-0.39, 0.29) is 0 Å². The van der Waals surface area contributed by atoms with E-state index in [9.17, 15) is 0 Å². The van der Waals surface area contributed by atoms with Crippen molar-refractivity contribution in [1.29, 1.82) is 0 Å². The van der Waals surface area contributed by atoms with Gasteiger partial charge >= 0.3 is 0 Å². The first-order valence-electron chi connectivity index (χ1n) is 4.38. The van der Waals surface area contributed by atoms with Crippen LogP contribution in [0.3, 0.4) is 0 Å². The van der Waals surface area contributed by atoms with Crippen molar-refractivity contribution in [3.63, 3.8) is 0 Å². The van der Waals surface area contributed by atoms with Crippen molar-refractivity contribution in [2.45, 2.75) is 25.9 Å². The Bertz CT molecular complexity index is 250. The lowest BCUT2D eigenvalue weighted by molar-refractivity contribution is 0.520. The second-order valence-corrected chi connectivity index (χ2v) is 5.41. The molecule has 1 aromatic rings. The Morgan fingerprint density at radius 1 is 1.69 bits per heavy atom. The predicted octanol–water partition coefficient (Wildman–Crippen LogP) is 2.34. The van der Waals surface area contributed by atoms with Gasteiger partial charge in [-0.3, -0.25) is 0 Å². The van der Waals surface area contributed by atoms with Gasteiger partial charge in [-0.25, -0.2) is 0 Å². The van der Waals surface area contributed by atoms with E-state index in [1.54, 1.807) is 11.3 Å². The Morgan fingerprint density at radius 2 is 2.46 bits per heavy atom. The molecule has 0 spiro atoms. The quantitative estimate of drug-likeness (QED) is 0.855. The molecule has 0 bridgehead atoms. The minimum Gasteiger partial charge on any atom is -0.330 e. The molecule has 1 atom stereocenters. The fraction of sp³-hybridized carbons (Fsp3) is 0.556. The zero-order valence-electron chi connectivity index (χ0n) is 7.72. The van der Waals surface area contributed by atoms with E-state index in [1.807, 2.05) is 0 Å². The van der Waals surface area contributed by atoms with Crippen molar-refractivity contribution in [2.75, 3.05) is 6.54 Å². The second kappa shape index (κ2) is 5.75. The van der Waals surface area contributed by atoms with Crippen LogP contribution in [0, 0.1) is 0 Å². The van der Waals surface area contributed by atoms with Gasteiger partial charge in [0.25, 0.3) is 0 Å². The van der Waals surface area contributed by atoms with E-state index in [1.165, 1.54) is 9.35 Å². The fourth-order valence-electron chi connectivity index (χ4n) is 1.08. The lowest BCUT2D eigenvalue weighted by Crippen LogP contribution is -2.27. The summed E-state index contributed by atoms with van der Waals surface area (Å²) >= 11 is 5.16.